The first kappa shape index (κ1) is 19.9. The summed E-state index contributed by atoms with van der Waals surface area (Å²) in [7, 11) is 0. The lowest BCUT2D eigenvalue weighted by molar-refractivity contribution is -0.137. The number of carbonyl (C=O) groups excluding carboxylic acids is 1. The van der Waals surface area contributed by atoms with Crippen LogP contribution < -0.4 is 10.2 Å². The molecule has 2 aromatic carbocycles. The van der Waals surface area contributed by atoms with E-state index in [1.165, 1.54) is 5.69 Å². The summed E-state index contributed by atoms with van der Waals surface area (Å²) in [5, 5.41) is 11.7. The molecule has 0 atom stereocenters. The highest BCUT2D eigenvalue weighted by atomic mass is 16.4. The van der Waals surface area contributed by atoms with Crippen LogP contribution in [0.3, 0.4) is 0 Å². The number of carboxylic acid groups (broad SMARTS) is 1. The summed E-state index contributed by atoms with van der Waals surface area (Å²) in [6.45, 7) is 4.58. The van der Waals surface area contributed by atoms with Crippen molar-refractivity contribution in [3.05, 3.63) is 60.2 Å². The van der Waals surface area contributed by atoms with Crippen molar-refractivity contribution in [2.45, 2.75) is 19.3 Å². The Labute approximate surface area is 165 Å². The van der Waals surface area contributed by atoms with Gasteiger partial charge in [-0.25, -0.2) is 0 Å². The number of hydrogen-bond donors (Lipinski definition) is 2. The molecule has 1 aliphatic heterocycles. The van der Waals surface area contributed by atoms with Crippen LogP contribution in [-0.4, -0.2) is 54.6 Å². The Kier molecular flexibility index (Phi) is 7.03. The van der Waals surface area contributed by atoms with Gasteiger partial charge in [-0.3, -0.25) is 14.5 Å². The number of amides is 1. The number of benzene rings is 2. The molecular weight excluding hydrogens is 354 g/mol. The molecule has 1 fully saturated rings. The number of carbonyl (C=O) groups is 2. The largest absolute Gasteiger partial charge is 0.481 e. The minimum absolute atomic E-state index is 0.0131. The van der Waals surface area contributed by atoms with Gasteiger partial charge in [-0.05, 0) is 36.2 Å². The van der Waals surface area contributed by atoms with Crippen LogP contribution in [-0.2, 0) is 16.0 Å². The minimum Gasteiger partial charge on any atom is -0.481 e. The van der Waals surface area contributed by atoms with Gasteiger partial charge in [0.15, 0.2) is 0 Å². The molecule has 6 heteroatoms. The maximum Gasteiger partial charge on any atom is 0.303 e. The monoisotopic (exact) mass is 381 g/mol. The van der Waals surface area contributed by atoms with Gasteiger partial charge in [-0.1, -0.05) is 30.3 Å². The summed E-state index contributed by atoms with van der Waals surface area (Å²) < 4.78 is 0. The third kappa shape index (κ3) is 6.09. The van der Waals surface area contributed by atoms with Gasteiger partial charge in [0, 0.05) is 56.9 Å². The number of hydrogen-bond acceptors (Lipinski definition) is 4. The SMILES string of the molecule is O=C(O)CCc1cccc(NC(=O)CCN2CCN(c3ccccc3)CC2)c1. The Morgan fingerprint density at radius 2 is 1.68 bits per heavy atom. The highest BCUT2D eigenvalue weighted by molar-refractivity contribution is 5.90. The zero-order valence-corrected chi connectivity index (χ0v) is 16.0. The van der Waals surface area contributed by atoms with E-state index in [2.05, 4.69) is 39.4 Å². The molecule has 1 amide bonds. The van der Waals surface area contributed by atoms with Gasteiger partial charge in [0.1, 0.15) is 0 Å². The fourth-order valence-electron chi connectivity index (χ4n) is 3.41. The third-order valence-electron chi connectivity index (χ3n) is 4.99. The lowest BCUT2D eigenvalue weighted by Gasteiger charge is -2.36. The molecule has 0 unspecified atom stereocenters. The second-order valence-corrected chi connectivity index (χ2v) is 7.06. The molecule has 0 aromatic heterocycles. The predicted octanol–water partition coefficient (Wildman–Crippen LogP) is 2.85. The first-order valence-corrected chi connectivity index (χ1v) is 9.73. The van der Waals surface area contributed by atoms with Crippen LogP contribution in [0.1, 0.15) is 18.4 Å². The highest BCUT2D eigenvalue weighted by Gasteiger charge is 2.17. The summed E-state index contributed by atoms with van der Waals surface area (Å²) in [6, 6.07) is 17.8. The zero-order valence-electron chi connectivity index (χ0n) is 16.0. The molecule has 28 heavy (non-hydrogen) atoms. The summed E-state index contributed by atoms with van der Waals surface area (Å²) in [5.74, 6) is -0.831. The Bertz CT molecular complexity index is 787. The maximum atomic E-state index is 12.3. The molecule has 1 aliphatic rings. The van der Waals surface area contributed by atoms with Crippen LogP contribution in [0, 0.1) is 0 Å². The quantitative estimate of drug-likeness (QED) is 0.736. The van der Waals surface area contributed by atoms with E-state index in [1.807, 2.05) is 30.3 Å². The number of rotatable bonds is 8. The van der Waals surface area contributed by atoms with E-state index in [1.54, 1.807) is 0 Å². The Morgan fingerprint density at radius 3 is 2.39 bits per heavy atom. The second kappa shape index (κ2) is 9.90. The van der Waals surface area contributed by atoms with Crippen molar-refractivity contribution in [3.8, 4) is 0 Å². The second-order valence-electron chi connectivity index (χ2n) is 7.06. The number of carboxylic acids is 1. The molecule has 1 saturated heterocycles. The van der Waals surface area contributed by atoms with Crippen molar-refractivity contribution >= 4 is 23.3 Å². The summed E-state index contributed by atoms with van der Waals surface area (Å²) in [6.07, 6.45) is 1.00. The number of anilines is 2. The summed E-state index contributed by atoms with van der Waals surface area (Å²) in [4.78, 5) is 27.7. The molecule has 0 spiro atoms. The van der Waals surface area contributed by atoms with Crippen molar-refractivity contribution in [3.63, 3.8) is 0 Å². The third-order valence-corrected chi connectivity index (χ3v) is 4.99. The molecule has 2 aromatic rings. The molecule has 0 aliphatic carbocycles. The minimum atomic E-state index is -0.818. The van der Waals surface area contributed by atoms with Gasteiger partial charge in [0.2, 0.25) is 5.91 Å². The molecule has 6 nitrogen and oxygen atoms in total. The topological polar surface area (TPSA) is 72.9 Å². The van der Waals surface area contributed by atoms with E-state index in [4.69, 9.17) is 5.11 Å². The van der Waals surface area contributed by atoms with Gasteiger partial charge in [-0.15, -0.1) is 0 Å². The van der Waals surface area contributed by atoms with E-state index in [0.29, 0.717) is 12.8 Å². The lowest BCUT2D eigenvalue weighted by Crippen LogP contribution is -2.47. The molecule has 1 heterocycles. The van der Waals surface area contributed by atoms with Gasteiger partial charge in [0.25, 0.3) is 0 Å². The Morgan fingerprint density at radius 1 is 0.929 bits per heavy atom. The average Bonchev–Trinajstić information content (AvgIpc) is 2.72. The Balaban J connectivity index is 1.40. The normalized spacial score (nSPS) is 14.6. The van der Waals surface area contributed by atoms with Crippen molar-refractivity contribution in [2.24, 2.45) is 0 Å². The van der Waals surface area contributed by atoms with Crippen LogP contribution in [0.25, 0.3) is 0 Å². The zero-order chi connectivity index (χ0) is 19.8. The number of para-hydroxylation sites is 1. The fraction of sp³-hybridized carbons (Fsp3) is 0.364. The number of nitrogens with one attached hydrogen (secondary N) is 1. The van der Waals surface area contributed by atoms with Crippen LogP contribution in [0.2, 0.25) is 0 Å². The molecule has 0 bridgehead atoms. The fourth-order valence-corrected chi connectivity index (χ4v) is 3.41. The van der Waals surface area contributed by atoms with Gasteiger partial charge >= 0.3 is 5.97 Å². The summed E-state index contributed by atoms with van der Waals surface area (Å²) >= 11 is 0. The Hall–Kier alpha value is -2.86. The van der Waals surface area contributed by atoms with E-state index in [0.717, 1.165) is 44.0 Å². The van der Waals surface area contributed by atoms with E-state index >= 15 is 0 Å². The van der Waals surface area contributed by atoms with Crippen molar-refractivity contribution < 1.29 is 14.7 Å². The molecule has 2 N–H and O–H groups in total. The van der Waals surface area contributed by atoms with Crippen LogP contribution >= 0.6 is 0 Å². The van der Waals surface area contributed by atoms with Gasteiger partial charge in [-0.2, -0.15) is 0 Å². The van der Waals surface area contributed by atoms with E-state index in [-0.39, 0.29) is 12.3 Å². The van der Waals surface area contributed by atoms with Crippen molar-refractivity contribution in [1.29, 1.82) is 0 Å². The number of aliphatic carboxylic acids is 1. The molecular formula is C22H27N3O3. The van der Waals surface area contributed by atoms with E-state index < -0.39 is 5.97 Å². The predicted molar refractivity (Wildman–Crippen MR) is 111 cm³/mol. The molecule has 3 rings (SSSR count). The average molecular weight is 381 g/mol. The van der Waals surface area contributed by atoms with Crippen LogP contribution in [0.5, 0.6) is 0 Å². The molecule has 0 radical (unpaired) electrons. The highest BCUT2D eigenvalue weighted by Crippen LogP contribution is 2.16. The van der Waals surface area contributed by atoms with Crippen molar-refractivity contribution in [2.75, 3.05) is 42.9 Å². The summed E-state index contributed by atoms with van der Waals surface area (Å²) in [5.41, 5.74) is 2.89. The van der Waals surface area contributed by atoms with Gasteiger partial charge in [0.05, 0.1) is 0 Å². The first-order chi connectivity index (χ1) is 13.6. The smallest absolute Gasteiger partial charge is 0.303 e. The number of piperazine rings is 1. The number of nitrogens with zero attached hydrogens (tertiary/aromatic N) is 2. The van der Waals surface area contributed by atoms with Crippen LogP contribution in [0.15, 0.2) is 54.6 Å². The first-order valence-electron chi connectivity index (χ1n) is 9.73. The van der Waals surface area contributed by atoms with Crippen molar-refractivity contribution in [1.82, 2.24) is 4.90 Å². The maximum absolute atomic E-state index is 12.3. The van der Waals surface area contributed by atoms with Gasteiger partial charge < -0.3 is 15.3 Å². The lowest BCUT2D eigenvalue weighted by atomic mass is 10.1. The number of aryl methyl sites for hydroxylation is 1. The molecule has 148 valence electrons. The standard InChI is InChI=1S/C22H27N3O3/c26-21(23-19-6-4-5-18(17-19)9-10-22(27)28)11-12-24-13-15-25(16-14-24)20-7-2-1-3-8-20/h1-8,17H,9-16H2,(H,23,26)(H,27,28). The molecule has 0 saturated carbocycles. The van der Waals surface area contributed by atoms with Crippen LogP contribution in [0.4, 0.5) is 11.4 Å². The van der Waals surface area contributed by atoms with E-state index in [9.17, 15) is 9.59 Å².